The highest BCUT2D eigenvalue weighted by atomic mass is 32.1. The summed E-state index contributed by atoms with van der Waals surface area (Å²) in [6.07, 6.45) is 5.43. The minimum absolute atomic E-state index is 0.793. The Morgan fingerprint density at radius 1 is 1.00 bits per heavy atom. The summed E-state index contributed by atoms with van der Waals surface area (Å²) in [4.78, 5) is 17.0. The van der Waals surface area contributed by atoms with Crippen LogP contribution in [0.1, 0.15) is 23.8 Å². The van der Waals surface area contributed by atoms with Crippen molar-refractivity contribution < 1.29 is 0 Å². The van der Waals surface area contributed by atoms with Gasteiger partial charge in [-0.3, -0.25) is 0 Å². The van der Waals surface area contributed by atoms with Gasteiger partial charge in [0.2, 0.25) is 0 Å². The summed E-state index contributed by atoms with van der Waals surface area (Å²) in [5.74, 6) is 1.95. The number of fused-ring (bicyclic) bond motifs is 3. The van der Waals surface area contributed by atoms with Crippen LogP contribution in [0.25, 0.3) is 10.2 Å². The van der Waals surface area contributed by atoms with Crippen molar-refractivity contribution in [2.24, 2.45) is 5.92 Å². The smallest absolute Gasteiger partial charge is 0.141 e. The second kappa shape index (κ2) is 6.54. The molecule has 0 saturated carbocycles. The molecule has 0 N–H and O–H groups in total. The molecule has 2 aromatic heterocycles. The maximum Gasteiger partial charge on any atom is 0.141 e. The molecule has 1 atom stereocenters. The van der Waals surface area contributed by atoms with Crippen molar-refractivity contribution in [2.45, 2.75) is 26.2 Å². The first-order chi connectivity index (χ1) is 12.8. The Labute approximate surface area is 158 Å². The van der Waals surface area contributed by atoms with Crippen molar-refractivity contribution in [3.8, 4) is 0 Å². The van der Waals surface area contributed by atoms with E-state index in [9.17, 15) is 0 Å². The van der Waals surface area contributed by atoms with Gasteiger partial charge in [0.25, 0.3) is 0 Å². The molecule has 1 aliphatic heterocycles. The summed E-state index contributed by atoms with van der Waals surface area (Å²) in [5, 5.41) is 1.34. The first kappa shape index (κ1) is 16.1. The molecule has 4 nitrogen and oxygen atoms in total. The lowest BCUT2D eigenvalue weighted by molar-refractivity contribution is 0.509. The lowest BCUT2D eigenvalue weighted by Gasteiger charge is -2.37. The van der Waals surface area contributed by atoms with Crippen LogP contribution in [0.3, 0.4) is 0 Å². The Morgan fingerprint density at radius 3 is 2.58 bits per heavy atom. The van der Waals surface area contributed by atoms with Gasteiger partial charge in [-0.1, -0.05) is 25.1 Å². The van der Waals surface area contributed by atoms with E-state index in [1.807, 2.05) is 11.3 Å². The summed E-state index contributed by atoms with van der Waals surface area (Å²) in [5.41, 5.74) is 2.85. The molecule has 5 rings (SSSR count). The monoisotopic (exact) mass is 364 g/mol. The predicted molar refractivity (Wildman–Crippen MR) is 109 cm³/mol. The van der Waals surface area contributed by atoms with Gasteiger partial charge in [0.05, 0.1) is 5.39 Å². The number of aryl methyl sites for hydroxylation is 1. The number of para-hydroxylation sites is 1. The fourth-order valence-corrected chi connectivity index (χ4v) is 5.66. The van der Waals surface area contributed by atoms with Gasteiger partial charge in [0.15, 0.2) is 0 Å². The summed E-state index contributed by atoms with van der Waals surface area (Å²) in [7, 11) is 0. The van der Waals surface area contributed by atoms with Gasteiger partial charge in [0.1, 0.15) is 17.0 Å². The number of nitrogens with zero attached hydrogens (tertiary/aromatic N) is 4. The minimum atomic E-state index is 0.793. The Kier molecular flexibility index (Phi) is 4.04. The first-order valence-electron chi connectivity index (χ1n) is 9.60. The summed E-state index contributed by atoms with van der Waals surface area (Å²) >= 11 is 1.89. The van der Waals surface area contributed by atoms with Crippen LogP contribution >= 0.6 is 11.3 Å². The standard InChI is InChI=1S/C21H24N4S/c1-15-7-8-17-18(13-15)26-21-19(17)20(22-14-23-21)25-11-9-24(10-12-25)16-5-3-2-4-6-16/h2-6,14-15H,7-13H2,1H3/t15-/m0/s1. The molecule has 0 bridgehead atoms. The second-order valence-electron chi connectivity index (χ2n) is 7.54. The highest BCUT2D eigenvalue weighted by molar-refractivity contribution is 7.19. The highest BCUT2D eigenvalue weighted by Crippen LogP contribution is 2.40. The molecule has 3 aromatic rings. The third-order valence-electron chi connectivity index (χ3n) is 5.77. The van der Waals surface area contributed by atoms with Gasteiger partial charge in [-0.25, -0.2) is 9.97 Å². The van der Waals surface area contributed by atoms with Crippen LogP contribution in [0, 0.1) is 5.92 Å². The molecule has 0 amide bonds. The number of anilines is 2. The number of thiophene rings is 1. The Morgan fingerprint density at radius 2 is 1.77 bits per heavy atom. The quantitative estimate of drug-likeness (QED) is 0.684. The maximum absolute atomic E-state index is 4.73. The third kappa shape index (κ3) is 2.75. The Hall–Kier alpha value is -2.14. The summed E-state index contributed by atoms with van der Waals surface area (Å²) in [6, 6.07) is 10.7. The van der Waals surface area contributed by atoms with Crippen molar-refractivity contribution >= 4 is 33.1 Å². The lowest BCUT2D eigenvalue weighted by Crippen LogP contribution is -2.46. The predicted octanol–water partition coefficient (Wildman–Crippen LogP) is 4.14. The number of benzene rings is 1. The lowest BCUT2D eigenvalue weighted by atomic mass is 9.89. The minimum Gasteiger partial charge on any atom is -0.368 e. The second-order valence-corrected chi connectivity index (χ2v) is 8.62. The molecular formula is C21H24N4S. The number of hydrogen-bond donors (Lipinski definition) is 0. The van der Waals surface area contributed by atoms with E-state index in [0.717, 1.165) is 37.9 Å². The molecule has 1 saturated heterocycles. The topological polar surface area (TPSA) is 32.3 Å². The normalized spacial score (nSPS) is 20.4. The highest BCUT2D eigenvalue weighted by Gasteiger charge is 2.26. The van der Waals surface area contributed by atoms with Gasteiger partial charge in [-0.05, 0) is 42.9 Å². The van der Waals surface area contributed by atoms with Crippen LogP contribution < -0.4 is 9.80 Å². The van der Waals surface area contributed by atoms with E-state index in [1.165, 1.54) is 40.7 Å². The molecule has 0 spiro atoms. The third-order valence-corrected chi connectivity index (χ3v) is 6.93. The van der Waals surface area contributed by atoms with Crippen LogP contribution in [-0.2, 0) is 12.8 Å². The molecule has 5 heteroatoms. The van der Waals surface area contributed by atoms with Crippen molar-refractivity contribution in [2.75, 3.05) is 36.0 Å². The van der Waals surface area contributed by atoms with Gasteiger partial charge in [-0.2, -0.15) is 0 Å². The van der Waals surface area contributed by atoms with Gasteiger partial charge >= 0.3 is 0 Å². The summed E-state index contributed by atoms with van der Waals surface area (Å²) < 4.78 is 0. The van der Waals surface area contributed by atoms with E-state index >= 15 is 0 Å². The van der Waals surface area contributed by atoms with E-state index in [0.29, 0.717) is 0 Å². The number of aromatic nitrogens is 2. The Bertz CT molecular complexity index is 912. The average Bonchev–Trinajstić information content (AvgIpc) is 3.06. The molecule has 1 aliphatic carbocycles. The van der Waals surface area contributed by atoms with Crippen LogP contribution in [-0.4, -0.2) is 36.1 Å². The zero-order chi connectivity index (χ0) is 17.5. The first-order valence-corrected chi connectivity index (χ1v) is 10.4. The van der Waals surface area contributed by atoms with Crippen molar-refractivity contribution in [1.82, 2.24) is 9.97 Å². The SMILES string of the molecule is C[C@H]1CCc2c(sc3ncnc(N4CCN(c5ccccc5)CC4)c23)C1. The number of piperazine rings is 1. The van der Waals surface area contributed by atoms with Crippen LogP contribution in [0.2, 0.25) is 0 Å². The van der Waals surface area contributed by atoms with E-state index in [1.54, 1.807) is 11.2 Å². The average molecular weight is 365 g/mol. The van der Waals surface area contributed by atoms with E-state index in [4.69, 9.17) is 4.98 Å². The molecule has 0 unspecified atom stereocenters. The van der Waals surface area contributed by atoms with Gasteiger partial charge < -0.3 is 9.80 Å². The van der Waals surface area contributed by atoms with Gasteiger partial charge in [-0.15, -0.1) is 11.3 Å². The zero-order valence-electron chi connectivity index (χ0n) is 15.2. The van der Waals surface area contributed by atoms with E-state index in [-0.39, 0.29) is 0 Å². The largest absolute Gasteiger partial charge is 0.368 e. The maximum atomic E-state index is 4.73. The van der Waals surface area contributed by atoms with Gasteiger partial charge in [0, 0.05) is 36.7 Å². The van der Waals surface area contributed by atoms with Crippen LogP contribution in [0.4, 0.5) is 11.5 Å². The zero-order valence-corrected chi connectivity index (χ0v) is 16.0. The number of hydrogen-bond acceptors (Lipinski definition) is 5. The molecule has 2 aliphatic rings. The van der Waals surface area contributed by atoms with Crippen LogP contribution in [0.5, 0.6) is 0 Å². The fourth-order valence-electron chi connectivity index (χ4n) is 4.31. The molecule has 26 heavy (non-hydrogen) atoms. The van der Waals surface area contributed by atoms with E-state index < -0.39 is 0 Å². The molecule has 1 fully saturated rings. The van der Waals surface area contributed by atoms with Crippen molar-refractivity contribution in [3.63, 3.8) is 0 Å². The number of rotatable bonds is 2. The molecular weight excluding hydrogens is 340 g/mol. The molecule has 3 heterocycles. The van der Waals surface area contributed by atoms with Crippen molar-refractivity contribution in [3.05, 3.63) is 47.1 Å². The van der Waals surface area contributed by atoms with E-state index in [2.05, 4.69) is 52.0 Å². The van der Waals surface area contributed by atoms with Crippen molar-refractivity contribution in [1.29, 1.82) is 0 Å². The fraction of sp³-hybridized carbons (Fsp3) is 0.429. The summed E-state index contributed by atoms with van der Waals surface area (Å²) in [6.45, 7) is 6.48. The van der Waals surface area contributed by atoms with Crippen LogP contribution in [0.15, 0.2) is 36.7 Å². The molecule has 134 valence electrons. The molecule has 1 aromatic carbocycles. The Balaban J connectivity index is 1.43. The molecule has 0 radical (unpaired) electrons.